The van der Waals surface area contributed by atoms with Gasteiger partial charge in [-0.2, -0.15) is 4.39 Å². The second-order valence-electron chi connectivity index (χ2n) is 3.59. The van der Waals surface area contributed by atoms with Gasteiger partial charge in [-0.1, -0.05) is 5.92 Å². The Bertz CT molecular complexity index is 770. The number of nitrogens with zero attached hydrogens (tertiary/aromatic N) is 1. The van der Waals surface area contributed by atoms with E-state index in [-0.39, 0.29) is 6.07 Å². The number of amides is 1. The minimum atomic E-state index is -4.75. The number of hydrogen-bond acceptors (Lipinski definition) is 5. The van der Waals surface area contributed by atoms with Crippen LogP contribution in [0.3, 0.4) is 0 Å². The quantitative estimate of drug-likeness (QED) is 0.453. The van der Waals surface area contributed by atoms with Gasteiger partial charge >= 0.3 is 5.69 Å². The highest BCUT2D eigenvalue weighted by Crippen LogP contribution is 2.28. The number of halogens is 2. The van der Waals surface area contributed by atoms with Crippen LogP contribution in [0.1, 0.15) is 10.4 Å². The van der Waals surface area contributed by atoms with Crippen molar-refractivity contribution in [3.63, 3.8) is 0 Å². The van der Waals surface area contributed by atoms with Crippen LogP contribution >= 0.6 is 0 Å². The number of hydrogen-bond donors (Lipinski definition) is 2. The number of nitrogens with two attached hydrogens (primary N) is 1. The molecule has 0 bridgehead atoms. The number of benzene rings is 1. The van der Waals surface area contributed by atoms with E-state index in [0.29, 0.717) is 0 Å². The summed E-state index contributed by atoms with van der Waals surface area (Å²) in [4.78, 5) is 19.5. The molecule has 112 valence electrons. The van der Waals surface area contributed by atoms with Crippen LogP contribution < -0.4 is 10.5 Å². The van der Waals surface area contributed by atoms with E-state index in [1.165, 1.54) is 0 Å². The highest BCUT2D eigenvalue weighted by molar-refractivity contribution is 7.89. The molecule has 0 saturated carbocycles. The molecule has 0 saturated heterocycles. The molecule has 0 aliphatic rings. The average molecular weight is 319 g/mol. The van der Waals surface area contributed by atoms with Crippen molar-refractivity contribution < 1.29 is 26.9 Å². The first-order valence-corrected chi connectivity index (χ1v) is 6.56. The third-order valence-electron chi connectivity index (χ3n) is 2.23. The summed E-state index contributed by atoms with van der Waals surface area (Å²) in [5.74, 6) is -3.18. The lowest BCUT2D eigenvalue weighted by Gasteiger charge is -2.08. The maximum absolute atomic E-state index is 13.9. The lowest BCUT2D eigenvalue weighted by molar-refractivity contribution is -0.387. The maximum atomic E-state index is 13.9. The Kier molecular flexibility index (Phi) is 4.56. The Labute approximate surface area is 117 Å². The van der Waals surface area contributed by atoms with Crippen molar-refractivity contribution >= 4 is 21.6 Å². The Balaban J connectivity index is 3.70. The predicted molar refractivity (Wildman–Crippen MR) is 65.6 cm³/mol. The monoisotopic (exact) mass is 319 g/mol. The van der Waals surface area contributed by atoms with E-state index in [0.717, 1.165) is 0 Å². The van der Waals surface area contributed by atoms with Crippen molar-refractivity contribution in [2.45, 2.75) is 4.90 Å². The minimum Gasteiger partial charge on any atom is -0.341 e. The molecular formula is C10H7F2N3O5S. The molecule has 0 aromatic heterocycles. The molecule has 1 amide bonds. The largest absolute Gasteiger partial charge is 0.341 e. The number of sulfonamides is 1. The fraction of sp³-hybridized carbons (Fsp3) is 0.100. The van der Waals surface area contributed by atoms with Crippen LogP contribution in [0.5, 0.6) is 0 Å². The Morgan fingerprint density at radius 1 is 1.48 bits per heavy atom. The first kappa shape index (κ1) is 16.5. The van der Waals surface area contributed by atoms with Crippen molar-refractivity contribution in [2.75, 3.05) is 6.54 Å². The summed E-state index contributed by atoms with van der Waals surface area (Å²) in [6.45, 7) is -0.425. The summed E-state index contributed by atoms with van der Waals surface area (Å²) in [7, 11) is -4.75. The third kappa shape index (κ3) is 3.30. The number of primary sulfonamides is 1. The molecule has 11 heteroatoms. The Morgan fingerprint density at radius 3 is 2.48 bits per heavy atom. The van der Waals surface area contributed by atoms with Crippen molar-refractivity contribution in [1.82, 2.24) is 5.32 Å². The Hall–Kier alpha value is -2.58. The maximum Gasteiger partial charge on any atom is 0.307 e. The van der Waals surface area contributed by atoms with Crippen molar-refractivity contribution in [3.05, 3.63) is 33.4 Å². The standard InChI is InChI=1S/C10H7F2N3O5S/c1-2-3-14-10(16)7-8(11)5(15(17)18)4-6(9(7)12)21(13,19)20/h1,4H,3H2,(H,14,16)(H2,13,19,20). The van der Waals surface area contributed by atoms with Gasteiger partial charge in [0.15, 0.2) is 5.82 Å². The van der Waals surface area contributed by atoms with E-state index in [1.807, 2.05) is 11.2 Å². The summed E-state index contributed by atoms with van der Waals surface area (Å²) in [6, 6.07) is 0.0952. The number of terminal acetylenes is 1. The summed E-state index contributed by atoms with van der Waals surface area (Å²) in [5, 5.41) is 17.2. The molecule has 0 heterocycles. The summed E-state index contributed by atoms with van der Waals surface area (Å²) in [5.41, 5.74) is -2.87. The van der Waals surface area contributed by atoms with Crippen LogP contribution in [-0.2, 0) is 10.0 Å². The minimum absolute atomic E-state index is 0.0952. The second-order valence-corrected chi connectivity index (χ2v) is 5.12. The molecule has 0 fully saturated rings. The topological polar surface area (TPSA) is 132 Å². The van der Waals surface area contributed by atoms with Gasteiger partial charge in [0.05, 0.1) is 11.5 Å². The second kappa shape index (κ2) is 5.81. The van der Waals surface area contributed by atoms with Crippen LogP contribution in [0.25, 0.3) is 0 Å². The van der Waals surface area contributed by atoms with Gasteiger partial charge in [0.1, 0.15) is 10.5 Å². The molecule has 3 N–H and O–H groups in total. The zero-order valence-electron chi connectivity index (χ0n) is 10.1. The molecule has 0 aliphatic heterocycles. The van der Waals surface area contributed by atoms with Crippen LogP contribution in [0.4, 0.5) is 14.5 Å². The molecule has 0 spiro atoms. The number of rotatable bonds is 4. The highest BCUT2D eigenvalue weighted by Gasteiger charge is 2.32. The zero-order chi connectivity index (χ0) is 16.4. The van der Waals surface area contributed by atoms with Gasteiger partial charge in [0.2, 0.25) is 15.8 Å². The molecule has 0 aliphatic carbocycles. The first-order chi connectivity index (χ1) is 9.61. The van der Waals surface area contributed by atoms with Crippen LogP contribution in [-0.4, -0.2) is 25.8 Å². The van der Waals surface area contributed by atoms with Crippen LogP contribution in [0, 0.1) is 34.1 Å². The number of nitro groups is 1. The summed E-state index contributed by atoms with van der Waals surface area (Å²) in [6.07, 6.45) is 4.83. The molecule has 8 nitrogen and oxygen atoms in total. The first-order valence-electron chi connectivity index (χ1n) is 5.02. The highest BCUT2D eigenvalue weighted by atomic mass is 32.2. The average Bonchev–Trinajstić information content (AvgIpc) is 2.34. The number of nitrogens with one attached hydrogen (secondary N) is 1. The van der Waals surface area contributed by atoms with Crippen LogP contribution in [0.15, 0.2) is 11.0 Å². The third-order valence-corrected chi connectivity index (χ3v) is 3.14. The molecule has 21 heavy (non-hydrogen) atoms. The molecule has 1 aromatic carbocycles. The molecular weight excluding hydrogens is 312 g/mol. The van der Waals surface area contributed by atoms with Gasteiger partial charge in [-0.3, -0.25) is 14.9 Å². The van der Waals surface area contributed by atoms with Gasteiger partial charge in [0, 0.05) is 6.07 Å². The van der Waals surface area contributed by atoms with Gasteiger partial charge in [0.25, 0.3) is 5.91 Å². The van der Waals surface area contributed by atoms with Gasteiger partial charge in [-0.25, -0.2) is 17.9 Å². The van der Waals surface area contributed by atoms with Gasteiger partial charge in [-0.15, -0.1) is 6.42 Å². The van der Waals surface area contributed by atoms with E-state index in [2.05, 4.69) is 5.14 Å². The van der Waals surface area contributed by atoms with E-state index in [1.54, 1.807) is 0 Å². The van der Waals surface area contributed by atoms with Crippen molar-refractivity contribution in [3.8, 4) is 12.3 Å². The molecule has 1 rings (SSSR count). The smallest absolute Gasteiger partial charge is 0.307 e. The number of nitro benzene ring substituents is 1. The zero-order valence-corrected chi connectivity index (χ0v) is 10.9. The van der Waals surface area contributed by atoms with Gasteiger partial charge in [-0.05, 0) is 0 Å². The summed E-state index contributed by atoms with van der Waals surface area (Å²) < 4.78 is 50.0. The molecule has 0 radical (unpaired) electrons. The van der Waals surface area contributed by atoms with E-state index >= 15 is 0 Å². The lowest BCUT2D eigenvalue weighted by atomic mass is 10.1. The van der Waals surface area contributed by atoms with E-state index < -0.39 is 55.2 Å². The Morgan fingerprint density at radius 2 is 2.05 bits per heavy atom. The molecule has 0 unspecified atom stereocenters. The van der Waals surface area contributed by atoms with Gasteiger partial charge < -0.3 is 5.32 Å². The normalized spacial score (nSPS) is 10.8. The van der Waals surface area contributed by atoms with E-state index in [9.17, 15) is 32.1 Å². The van der Waals surface area contributed by atoms with Crippen LogP contribution in [0.2, 0.25) is 0 Å². The fourth-order valence-corrected chi connectivity index (χ4v) is 1.99. The molecule has 0 atom stereocenters. The molecule has 1 aromatic rings. The predicted octanol–water partition coefficient (Wildman–Crippen LogP) is -0.117. The number of carbonyl (C=O) groups excluding carboxylic acids is 1. The SMILES string of the molecule is C#CCNC(=O)c1c(F)c([N+](=O)[O-])cc(S(N)(=O)=O)c1F. The van der Waals surface area contributed by atoms with Crippen molar-refractivity contribution in [1.29, 1.82) is 0 Å². The number of carbonyl (C=O) groups is 1. The fourth-order valence-electron chi connectivity index (χ4n) is 1.36. The van der Waals surface area contributed by atoms with E-state index in [4.69, 9.17) is 6.42 Å². The summed E-state index contributed by atoms with van der Waals surface area (Å²) >= 11 is 0. The van der Waals surface area contributed by atoms with Crippen molar-refractivity contribution in [2.24, 2.45) is 5.14 Å². The lowest BCUT2D eigenvalue weighted by Crippen LogP contribution is -2.27.